The lowest BCUT2D eigenvalue weighted by atomic mass is 9.96. The van der Waals surface area contributed by atoms with Crippen LogP contribution < -0.4 is 19.5 Å². The number of hydrogen-bond acceptors (Lipinski definition) is 6. The van der Waals surface area contributed by atoms with Gasteiger partial charge < -0.3 is 20.1 Å². The highest BCUT2D eigenvalue weighted by atomic mass is 32.2. The SMILES string of the molecule is NC(=O)C1CCN(C(=O)CN(c2ccc(F)cc2)S(=O)(=O)c2ccc3c(c2)OCCO3)CC1. The lowest BCUT2D eigenvalue weighted by Crippen LogP contribution is -2.47. The molecule has 4 rings (SSSR count). The highest BCUT2D eigenvalue weighted by Gasteiger charge is 2.32. The molecule has 0 aliphatic carbocycles. The predicted octanol–water partition coefficient (Wildman–Crippen LogP) is 1.52. The van der Waals surface area contributed by atoms with E-state index in [0.29, 0.717) is 44.0 Å². The van der Waals surface area contributed by atoms with Crippen LogP contribution in [0, 0.1) is 11.7 Å². The largest absolute Gasteiger partial charge is 0.486 e. The molecule has 2 amide bonds. The van der Waals surface area contributed by atoms with Crippen molar-refractivity contribution in [1.29, 1.82) is 0 Å². The number of piperidine rings is 1. The van der Waals surface area contributed by atoms with Crippen LogP contribution in [-0.4, -0.2) is 58.0 Å². The molecule has 0 aromatic heterocycles. The Bertz CT molecular complexity index is 1150. The van der Waals surface area contributed by atoms with Crippen molar-refractivity contribution >= 4 is 27.5 Å². The van der Waals surface area contributed by atoms with Gasteiger partial charge in [0.1, 0.15) is 25.6 Å². The van der Waals surface area contributed by atoms with E-state index >= 15 is 0 Å². The van der Waals surface area contributed by atoms with Crippen LogP contribution in [0.4, 0.5) is 10.1 Å². The van der Waals surface area contributed by atoms with E-state index in [0.717, 1.165) is 16.4 Å². The number of fused-ring (bicyclic) bond motifs is 1. The highest BCUT2D eigenvalue weighted by Crippen LogP contribution is 2.34. The molecule has 2 N–H and O–H groups in total. The van der Waals surface area contributed by atoms with Crippen molar-refractivity contribution in [2.45, 2.75) is 17.7 Å². The van der Waals surface area contributed by atoms with Gasteiger partial charge in [0.05, 0.1) is 10.6 Å². The molecular formula is C22H24FN3O6S. The number of nitrogens with zero attached hydrogens (tertiary/aromatic N) is 2. The summed E-state index contributed by atoms with van der Waals surface area (Å²) in [4.78, 5) is 25.8. The number of carbonyl (C=O) groups is 2. The molecule has 0 spiro atoms. The van der Waals surface area contributed by atoms with Crippen molar-refractivity contribution in [2.24, 2.45) is 11.7 Å². The minimum atomic E-state index is -4.20. The summed E-state index contributed by atoms with van der Waals surface area (Å²) in [5, 5.41) is 0. The maximum absolute atomic E-state index is 13.6. The van der Waals surface area contributed by atoms with E-state index in [1.165, 1.54) is 35.2 Å². The summed E-state index contributed by atoms with van der Waals surface area (Å²) in [6.45, 7) is 0.769. The number of sulfonamides is 1. The fourth-order valence-corrected chi connectivity index (χ4v) is 5.30. The zero-order valence-electron chi connectivity index (χ0n) is 17.8. The molecule has 0 atom stereocenters. The number of anilines is 1. The molecule has 0 radical (unpaired) electrons. The zero-order chi connectivity index (χ0) is 23.6. The number of ether oxygens (including phenoxy) is 2. The average molecular weight is 478 g/mol. The van der Waals surface area contributed by atoms with Gasteiger partial charge >= 0.3 is 0 Å². The number of rotatable bonds is 6. The normalized spacial score (nSPS) is 16.3. The van der Waals surface area contributed by atoms with Crippen molar-refractivity contribution in [1.82, 2.24) is 4.90 Å². The van der Waals surface area contributed by atoms with Crippen LogP contribution in [-0.2, 0) is 19.6 Å². The predicted molar refractivity (Wildman–Crippen MR) is 117 cm³/mol. The van der Waals surface area contributed by atoms with Crippen LogP contribution in [0.5, 0.6) is 11.5 Å². The number of benzene rings is 2. The van der Waals surface area contributed by atoms with Gasteiger partial charge in [0, 0.05) is 25.1 Å². The van der Waals surface area contributed by atoms with Crippen LogP contribution in [0.1, 0.15) is 12.8 Å². The number of halogens is 1. The molecule has 0 saturated carbocycles. The van der Waals surface area contributed by atoms with E-state index in [2.05, 4.69) is 0 Å². The van der Waals surface area contributed by atoms with Gasteiger partial charge in [-0.15, -0.1) is 0 Å². The summed E-state index contributed by atoms with van der Waals surface area (Å²) in [6, 6.07) is 9.09. The molecule has 2 aliphatic rings. The third-order valence-corrected chi connectivity index (χ3v) is 7.51. The number of hydrogen-bond donors (Lipinski definition) is 1. The van der Waals surface area contributed by atoms with E-state index in [9.17, 15) is 22.4 Å². The number of primary amides is 1. The van der Waals surface area contributed by atoms with E-state index < -0.39 is 34.2 Å². The molecule has 0 unspecified atom stereocenters. The topological polar surface area (TPSA) is 119 Å². The van der Waals surface area contributed by atoms with Crippen molar-refractivity contribution in [2.75, 3.05) is 37.2 Å². The molecule has 2 aromatic rings. The smallest absolute Gasteiger partial charge is 0.264 e. The number of likely N-dealkylation sites (tertiary alicyclic amines) is 1. The Morgan fingerprint density at radius 2 is 1.67 bits per heavy atom. The summed E-state index contributed by atoms with van der Waals surface area (Å²) in [5.74, 6) is -0.943. The maximum Gasteiger partial charge on any atom is 0.264 e. The molecule has 2 aromatic carbocycles. The van der Waals surface area contributed by atoms with Crippen LogP contribution >= 0.6 is 0 Å². The van der Waals surface area contributed by atoms with Crippen molar-refractivity contribution in [3.05, 3.63) is 48.3 Å². The first-order chi connectivity index (χ1) is 15.8. The highest BCUT2D eigenvalue weighted by molar-refractivity contribution is 7.92. The summed E-state index contributed by atoms with van der Waals surface area (Å²) in [5.41, 5.74) is 5.49. The molecule has 0 bridgehead atoms. The van der Waals surface area contributed by atoms with Gasteiger partial charge in [-0.2, -0.15) is 0 Å². The second kappa shape index (κ2) is 9.26. The minimum Gasteiger partial charge on any atom is -0.486 e. The summed E-state index contributed by atoms with van der Waals surface area (Å²) in [7, 11) is -4.20. The second-order valence-electron chi connectivity index (χ2n) is 7.85. The molecule has 1 fully saturated rings. The Morgan fingerprint density at radius 3 is 2.30 bits per heavy atom. The fourth-order valence-electron chi connectivity index (χ4n) is 3.87. The molecule has 2 aliphatic heterocycles. The number of amides is 2. The lowest BCUT2D eigenvalue weighted by Gasteiger charge is -2.33. The average Bonchev–Trinajstić information content (AvgIpc) is 2.82. The lowest BCUT2D eigenvalue weighted by molar-refractivity contribution is -0.133. The van der Waals surface area contributed by atoms with Gasteiger partial charge in [-0.05, 0) is 49.2 Å². The van der Waals surface area contributed by atoms with Crippen molar-refractivity contribution in [3.8, 4) is 11.5 Å². The van der Waals surface area contributed by atoms with E-state index in [4.69, 9.17) is 15.2 Å². The summed E-state index contributed by atoms with van der Waals surface area (Å²) < 4.78 is 52.5. The Morgan fingerprint density at radius 1 is 1.03 bits per heavy atom. The van der Waals surface area contributed by atoms with Crippen molar-refractivity contribution in [3.63, 3.8) is 0 Å². The van der Waals surface area contributed by atoms with Gasteiger partial charge in [-0.25, -0.2) is 12.8 Å². The zero-order valence-corrected chi connectivity index (χ0v) is 18.6. The first kappa shape index (κ1) is 22.8. The second-order valence-corrected chi connectivity index (χ2v) is 9.71. The molecule has 1 saturated heterocycles. The molecular weight excluding hydrogens is 453 g/mol. The standard InChI is InChI=1S/C22H24FN3O6S/c23-16-1-3-17(4-2-16)26(14-21(27)25-9-7-15(8-10-25)22(24)28)33(29,30)18-5-6-19-20(13-18)32-12-11-31-19/h1-6,13,15H,7-12,14H2,(H2,24,28). The number of carbonyl (C=O) groups excluding carboxylic acids is 2. The van der Waals surface area contributed by atoms with Crippen LogP contribution in [0.2, 0.25) is 0 Å². The first-order valence-corrected chi connectivity index (χ1v) is 11.9. The third kappa shape index (κ3) is 4.87. The van der Waals surface area contributed by atoms with Crippen molar-refractivity contribution < 1.29 is 31.9 Å². The van der Waals surface area contributed by atoms with Gasteiger partial charge in [0.2, 0.25) is 11.8 Å². The first-order valence-electron chi connectivity index (χ1n) is 10.5. The summed E-state index contributed by atoms with van der Waals surface area (Å²) >= 11 is 0. The quantitative estimate of drug-likeness (QED) is 0.674. The monoisotopic (exact) mass is 477 g/mol. The number of nitrogens with two attached hydrogens (primary N) is 1. The molecule has 33 heavy (non-hydrogen) atoms. The molecule has 11 heteroatoms. The third-order valence-electron chi connectivity index (χ3n) is 5.75. The van der Waals surface area contributed by atoms with E-state index in [-0.39, 0.29) is 23.1 Å². The van der Waals surface area contributed by atoms with Gasteiger partial charge in [0.15, 0.2) is 11.5 Å². The van der Waals surface area contributed by atoms with Crippen LogP contribution in [0.3, 0.4) is 0 Å². The Hall–Kier alpha value is -3.34. The molecule has 2 heterocycles. The van der Waals surface area contributed by atoms with Crippen LogP contribution in [0.25, 0.3) is 0 Å². The van der Waals surface area contributed by atoms with E-state index in [1.54, 1.807) is 0 Å². The van der Waals surface area contributed by atoms with Crippen LogP contribution in [0.15, 0.2) is 47.4 Å². The summed E-state index contributed by atoms with van der Waals surface area (Å²) in [6.07, 6.45) is 0.846. The van der Waals surface area contributed by atoms with Gasteiger partial charge in [-0.3, -0.25) is 13.9 Å². The maximum atomic E-state index is 13.6. The Labute approximate surface area is 190 Å². The Balaban J connectivity index is 1.62. The molecule has 9 nitrogen and oxygen atoms in total. The Kier molecular flexibility index (Phi) is 6.41. The van der Waals surface area contributed by atoms with Gasteiger partial charge in [-0.1, -0.05) is 0 Å². The fraction of sp³-hybridized carbons (Fsp3) is 0.364. The van der Waals surface area contributed by atoms with E-state index in [1.807, 2.05) is 0 Å². The molecule has 176 valence electrons. The minimum absolute atomic E-state index is 0.0867. The van der Waals surface area contributed by atoms with Gasteiger partial charge in [0.25, 0.3) is 10.0 Å².